The van der Waals surface area contributed by atoms with Crippen LogP contribution in [0.2, 0.25) is 0 Å². The Morgan fingerprint density at radius 1 is 1.18 bits per heavy atom. The van der Waals surface area contributed by atoms with Crippen LogP contribution in [0.1, 0.15) is 0 Å². The topological polar surface area (TPSA) is 53.0 Å². The number of benzene rings is 1. The molecule has 2 aromatic heterocycles. The van der Waals surface area contributed by atoms with E-state index in [1.165, 1.54) is 16.0 Å². The molecule has 0 spiro atoms. The lowest BCUT2D eigenvalue weighted by Gasteiger charge is -1.94. The summed E-state index contributed by atoms with van der Waals surface area (Å²) < 4.78 is 6.25. The Kier molecular flexibility index (Phi) is 2.38. The minimum Gasteiger partial charge on any atom is -0.539 e. The summed E-state index contributed by atoms with van der Waals surface area (Å²) >= 11 is 1.53. The minimum atomic E-state index is -0.424. The Labute approximate surface area is 101 Å². The molecule has 4 nitrogen and oxygen atoms in total. The summed E-state index contributed by atoms with van der Waals surface area (Å²) in [6, 6.07) is 11.3. The molecule has 0 amide bonds. The van der Waals surface area contributed by atoms with Crippen molar-refractivity contribution in [1.29, 1.82) is 0 Å². The number of para-hydroxylation sites is 1. The summed E-state index contributed by atoms with van der Waals surface area (Å²) in [6.45, 7) is 0. The van der Waals surface area contributed by atoms with Gasteiger partial charge >= 0.3 is 0 Å². The van der Waals surface area contributed by atoms with Gasteiger partial charge in [-0.3, -0.25) is 0 Å². The molecule has 1 aromatic carbocycles. The molecule has 5 heteroatoms. The molecule has 0 bridgehead atoms. The first-order valence-corrected chi connectivity index (χ1v) is 5.97. The van der Waals surface area contributed by atoms with E-state index in [4.69, 9.17) is 4.52 Å². The lowest BCUT2D eigenvalue weighted by Crippen LogP contribution is -2.34. The van der Waals surface area contributed by atoms with E-state index in [1.54, 1.807) is 0 Å². The van der Waals surface area contributed by atoms with Crippen molar-refractivity contribution in [1.82, 2.24) is 5.27 Å². The van der Waals surface area contributed by atoms with Gasteiger partial charge in [-0.1, -0.05) is 18.2 Å². The molecule has 0 N–H and O–H groups in total. The van der Waals surface area contributed by atoms with E-state index < -0.39 is 5.95 Å². The van der Waals surface area contributed by atoms with Crippen molar-refractivity contribution < 1.29 is 14.3 Å². The van der Waals surface area contributed by atoms with Crippen LogP contribution in [0.4, 0.5) is 0 Å². The molecular formula is C12H8N2O2S. The predicted molar refractivity (Wildman–Crippen MR) is 60.8 cm³/mol. The van der Waals surface area contributed by atoms with E-state index in [-0.39, 0.29) is 0 Å². The van der Waals surface area contributed by atoms with Crippen LogP contribution < -0.4 is 9.79 Å². The molecule has 84 valence electrons. The van der Waals surface area contributed by atoms with Crippen molar-refractivity contribution >= 4 is 11.3 Å². The SMILES string of the molecule is [O-]c1on[n+](-c2ccccc2)c1-c1ccsc1. The van der Waals surface area contributed by atoms with Gasteiger partial charge in [0, 0.05) is 17.5 Å². The van der Waals surface area contributed by atoms with Gasteiger partial charge in [0.05, 0.1) is 10.8 Å². The first kappa shape index (κ1) is 10.0. The molecule has 0 aliphatic carbocycles. The lowest BCUT2D eigenvalue weighted by atomic mass is 10.2. The second-order valence-electron chi connectivity index (χ2n) is 3.47. The zero-order valence-corrected chi connectivity index (χ0v) is 9.55. The average molecular weight is 244 g/mol. The summed E-state index contributed by atoms with van der Waals surface area (Å²) in [4.78, 5) is 0. The van der Waals surface area contributed by atoms with Gasteiger partial charge in [0.25, 0.3) is 5.69 Å². The third kappa shape index (κ3) is 1.70. The van der Waals surface area contributed by atoms with Crippen LogP contribution in [0.5, 0.6) is 5.95 Å². The van der Waals surface area contributed by atoms with Gasteiger partial charge in [0.1, 0.15) is 0 Å². The van der Waals surface area contributed by atoms with E-state index in [1.807, 2.05) is 47.2 Å². The molecule has 0 saturated heterocycles. The highest BCUT2D eigenvalue weighted by Crippen LogP contribution is 2.25. The predicted octanol–water partition coefficient (Wildman–Crippen LogP) is 1.75. The van der Waals surface area contributed by atoms with Gasteiger partial charge < -0.3 is 9.63 Å². The fraction of sp³-hybridized carbons (Fsp3) is 0. The molecule has 0 atom stereocenters. The van der Waals surface area contributed by atoms with E-state index in [0.29, 0.717) is 5.69 Å². The van der Waals surface area contributed by atoms with Crippen molar-refractivity contribution in [3.05, 3.63) is 47.2 Å². The lowest BCUT2D eigenvalue weighted by molar-refractivity contribution is -0.660. The highest BCUT2D eigenvalue weighted by Gasteiger charge is 2.21. The van der Waals surface area contributed by atoms with Crippen LogP contribution in [0.25, 0.3) is 16.9 Å². The normalized spacial score (nSPS) is 10.6. The standard InChI is InChI=1S/C12H8N2O2S/c15-12-11(9-6-7-17-8-9)14(13-16-12)10-4-2-1-3-5-10/h1-8H. The first-order chi connectivity index (χ1) is 8.36. The average Bonchev–Trinajstić information content (AvgIpc) is 2.99. The molecule has 3 rings (SSSR count). The minimum absolute atomic E-state index is 0.424. The molecule has 3 aromatic rings. The van der Waals surface area contributed by atoms with E-state index in [0.717, 1.165) is 11.3 Å². The fourth-order valence-electron chi connectivity index (χ4n) is 1.63. The largest absolute Gasteiger partial charge is 0.539 e. The molecule has 2 heterocycles. The van der Waals surface area contributed by atoms with Crippen molar-refractivity contribution in [2.75, 3.05) is 0 Å². The molecule has 0 aliphatic heterocycles. The zero-order valence-electron chi connectivity index (χ0n) is 8.74. The molecule has 0 aliphatic rings. The Hall–Kier alpha value is -2.14. The van der Waals surface area contributed by atoms with Gasteiger partial charge in [0.15, 0.2) is 5.95 Å². The Morgan fingerprint density at radius 3 is 2.71 bits per heavy atom. The molecule has 0 unspecified atom stereocenters. The Balaban J connectivity index is 2.20. The smallest absolute Gasteiger partial charge is 0.271 e. The van der Waals surface area contributed by atoms with Crippen molar-refractivity contribution in [2.45, 2.75) is 0 Å². The monoisotopic (exact) mass is 244 g/mol. The van der Waals surface area contributed by atoms with E-state index >= 15 is 0 Å². The van der Waals surface area contributed by atoms with Crippen LogP contribution >= 0.6 is 11.3 Å². The van der Waals surface area contributed by atoms with Gasteiger partial charge in [-0.05, 0) is 16.1 Å². The second kappa shape index (κ2) is 4.03. The third-order valence-electron chi connectivity index (χ3n) is 2.41. The number of thiophene rings is 1. The highest BCUT2D eigenvalue weighted by atomic mass is 32.1. The van der Waals surface area contributed by atoms with Crippen LogP contribution in [0, 0.1) is 0 Å². The summed E-state index contributed by atoms with van der Waals surface area (Å²) in [5, 5.41) is 19.3. The van der Waals surface area contributed by atoms with Crippen LogP contribution in [0.15, 0.2) is 51.7 Å². The van der Waals surface area contributed by atoms with Crippen LogP contribution in [0.3, 0.4) is 0 Å². The zero-order chi connectivity index (χ0) is 11.7. The quantitative estimate of drug-likeness (QED) is 0.645. The highest BCUT2D eigenvalue weighted by molar-refractivity contribution is 7.08. The molecule has 17 heavy (non-hydrogen) atoms. The molecule has 0 radical (unpaired) electrons. The summed E-state index contributed by atoms with van der Waals surface area (Å²) in [7, 11) is 0. The van der Waals surface area contributed by atoms with E-state index in [9.17, 15) is 5.11 Å². The number of hydrogen-bond acceptors (Lipinski definition) is 4. The number of nitrogens with zero attached hydrogens (tertiary/aromatic N) is 2. The maximum Gasteiger partial charge on any atom is 0.271 e. The summed E-state index contributed by atoms with van der Waals surface area (Å²) in [6.07, 6.45) is 0. The molecule has 0 fully saturated rings. The van der Waals surface area contributed by atoms with E-state index in [2.05, 4.69) is 5.27 Å². The maximum atomic E-state index is 11.7. The van der Waals surface area contributed by atoms with Gasteiger partial charge in [0.2, 0.25) is 5.69 Å². The first-order valence-electron chi connectivity index (χ1n) is 5.03. The number of rotatable bonds is 2. The summed E-state index contributed by atoms with van der Waals surface area (Å²) in [5.74, 6) is -0.424. The van der Waals surface area contributed by atoms with Crippen LogP contribution in [-0.2, 0) is 0 Å². The molecular weight excluding hydrogens is 236 g/mol. The van der Waals surface area contributed by atoms with Crippen molar-refractivity contribution in [2.24, 2.45) is 0 Å². The van der Waals surface area contributed by atoms with Gasteiger partial charge in [-0.25, -0.2) is 0 Å². The van der Waals surface area contributed by atoms with Crippen molar-refractivity contribution in [3.63, 3.8) is 0 Å². The Bertz CT molecular complexity index is 617. The fourth-order valence-corrected chi connectivity index (χ4v) is 2.27. The van der Waals surface area contributed by atoms with Crippen LogP contribution in [-0.4, -0.2) is 5.27 Å². The second-order valence-corrected chi connectivity index (χ2v) is 4.25. The number of aromatic nitrogens is 2. The summed E-state index contributed by atoms with van der Waals surface area (Å²) in [5.41, 5.74) is 2.09. The Morgan fingerprint density at radius 2 is 2.00 bits per heavy atom. The van der Waals surface area contributed by atoms with Gasteiger partial charge in [-0.15, -0.1) is 0 Å². The third-order valence-corrected chi connectivity index (χ3v) is 3.09. The number of hydrogen-bond donors (Lipinski definition) is 0. The maximum absolute atomic E-state index is 11.7. The van der Waals surface area contributed by atoms with Gasteiger partial charge in [-0.2, -0.15) is 11.3 Å². The van der Waals surface area contributed by atoms with Crippen molar-refractivity contribution in [3.8, 4) is 22.9 Å². The molecule has 0 saturated carbocycles.